The molecule has 0 bridgehead atoms. The van der Waals surface area contributed by atoms with E-state index in [1.807, 2.05) is 0 Å². The molecule has 150 valence electrons. The Morgan fingerprint density at radius 2 is 1.15 bits per heavy atom. The van der Waals surface area contributed by atoms with Crippen LogP contribution in [0.15, 0.2) is 38.8 Å². The van der Waals surface area contributed by atoms with Crippen LogP contribution < -0.4 is 28.7 Å². The molecule has 0 spiro atoms. The molecule has 0 heterocycles. The monoisotopic (exact) mass is 442 g/mol. The van der Waals surface area contributed by atoms with Crippen molar-refractivity contribution in [1.29, 1.82) is 0 Å². The molecule has 27 heavy (non-hydrogen) atoms. The molecule has 0 N–H and O–H groups in total. The summed E-state index contributed by atoms with van der Waals surface area (Å²) >= 11 is -0.370. The number of rotatable bonds is 2. The zero-order chi connectivity index (χ0) is 19.4. The second-order valence-corrected chi connectivity index (χ2v) is 12.2. The first-order valence-electron chi connectivity index (χ1n) is 9.49. The Labute approximate surface area is 189 Å². The van der Waals surface area contributed by atoms with Crippen molar-refractivity contribution in [1.82, 2.24) is 0 Å². The smallest absolute Gasteiger partial charge is 1.00 e. The molecule has 0 aromatic heterocycles. The van der Waals surface area contributed by atoms with Crippen molar-refractivity contribution in [3.63, 3.8) is 0 Å². The third-order valence-electron chi connectivity index (χ3n) is 5.99. The first-order valence-corrected chi connectivity index (χ1v) is 11.1. The van der Waals surface area contributed by atoms with E-state index in [0.29, 0.717) is 0 Å². The molecular formula is C24H36Cl2Ti. The van der Waals surface area contributed by atoms with E-state index in [1.165, 1.54) is 5.57 Å². The van der Waals surface area contributed by atoms with Crippen LogP contribution in [0.3, 0.4) is 0 Å². The quantitative estimate of drug-likeness (QED) is 0.590. The number of halogens is 2. The van der Waals surface area contributed by atoms with Crippen LogP contribution in [0.25, 0.3) is 0 Å². The fourth-order valence-corrected chi connectivity index (χ4v) is 7.51. The van der Waals surface area contributed by atoms with Gasteiger partial charge in [-0.25, -0.2) is 0 Å². The molecule has 1 aromatic rings. The van der Waals surface area contributed by atoms with Gasteiger partial charge in [-0.05, 0) is 0 Å². The molecule has 3 heteroatoms. The Morgan fingerprint density at radius 3 is 1.44 bits per heavy atom. The van der Waals surface area contributed by atoms with Crippen LogP contribution in [0.2, 0.25) is 0 Å². The Balaban J connectivity index is 0.00000338. The van der Waals surface area contributed by atoms with E-state index in [2.05, 4.69) is 94.4 Å². The van der Waals surface area contributed by atoms with E-state index in [-0.39, 0.29) is 60.2 Å². The van der Waals surface area contributed by atoms with E-state index in [4.69, 9.17) is 0 Å². The molecule has 0 nitrogen and oxygen atoms in total. The van der Waals surface area contributed by atoms with Crippen molar-refractivity contribution in [2.45, 2.75) is 87.0 Å². The van der Waals surface area contributed by atoms with Crippen LogP contribution in [-0.2, 0) is 30.0 Å². The van der Waals surface area contributed by atoms with Gasteiger partial charge in [-0.15, -0.1) is 0 Å². The maximum Gasteiger partial charge on any atom is -1.00 e. The van der Waals surface area contributed by atoms with Crippen molar-refractivity contribution in [3.05, 3.63) is 49.9 Å². The summed E-state index contributed by atoms with van der Waals surface area (Å²) in [5.41, 5.74) is 8.35. The molecule has 0 atom stereocenters. The average Bonchev–Trinajstić information content (AvgIpc) is 2.60. The van der Waals surface area contributed by atoms with Gasteiger partial charge in [0.15, 0.2) is 0 Å². The van der Waals surface area contributed by atoms with Crippen LogP contribution in [0.4, 0.5) is 0 Å². The summed E-state index contributed by atoms with van der Waals surface area (Å²) < 4.78 is 3.40. The predicted molar refractivity (Wildman–Crippen MR) is 108 cm³/mol. The molecule has 0 fully saturated rings. The first kappa shape index (κ1) is 27.0. The fourth-order valence-electron chi connectivity index (χ4n) is 3.91. The summed E-state index contributed by atoms with van der Waals surface area (Å²) in [5.74, 6) is 0. The summed E-state index contributed by atoms with van der Waals surface area (Å²) in [4.78, 5) is 0. The van der Waals surface area contributed by atoms with Gasteiger partial charge >= 0.3 is 165 Å². The molecular weight excluding hydrogens is 407 g/mol. The molecule has 0 unspecified atom stereocenters. The second kappa shape index (κ2) is 8.78. The molecule has 1 aliphatic rings. The fraction of sp³-hybridized carbons (Fsp3) is 0.583. The second-order valence-electron chi connectivity index (χ2n) is 10.2. The molecule has 2 rings (SSSR count). The molecule has 0 saturated heterocycles. The largest absolute Gasteiger partial charge is 1.00 e. The van der Waals surface area contributed by atoms with Gasteiger partial charge in [0.25, 0.3) is 0 Å². The van der Waals surface area contributed by atoms with E-state index < -0.39 is 0 Å². The van der Waals surface area contributed by atoms with E-state index in [1.54, 1.807) is 30.0 Å². The van der Waals surface area contributed by atoms with Crippen LogP contribution in [0.5, 0.6) is 0 Å². The Kier molecular flexibility index (Phi) is 8.78. The summed E-state index contributed by atoms with van der Waals surface area (Å²) in [6.45, 7) is 26.0. The number of hydrogen-bond donors (Lipinski definition) is 0. The summed E-state index contributed by atoms with van der Waals surface area (Å²) in [6.07, 6.45) is 0. The van der Waals surface area contributed by atoms with Crippen LogP contribution in [0, 0.1) is 5.41 Å². The van der Waals surface area contributed by atoms with E-state index >= 15 is 0 Å². The van der Waals surface area contributed by atoms with Gasteiger partial charge in [-0.2, -0.15) is 0 Å². The van der Waals surface area contributed by atoms with Crippen molar-refractivity contribution in [3.8, 4) is 0 Å². The van der Waals surface area contributed by atoms with Gasteiger partial charge in [-0.3, -0.25) is 0 Å². The molecule has 0 saturated carbocycles. The predicted octanol–water partition coefficient (Wildman–Crippen LogP) is 0.648. The minimum Gasteiger partial charge on any atom is -1.00 e. The molecule has 1 aliphatic carbocycles. The van der Waals surface area contributed by atoms with Gasteiger partial charge in [0.05, 0.1) is 0 Å². The van der Waals surface area contributed by atoms with Crippen molar-refractivity contribution in [2.75, 3.05) is 0 Å². The van der Waals surface area contributed by atoms with Gasteiger partial charge in [-0.1, -0.05) is 0 Å². The van der Waals surface area contributed by atoms with Gasteiger partial charge in [0.2, 0.25) is 0 Å². The van der Waals surface area contributed by atoms with E-state index in [9.17, 15) is 0 Å². The van der Waals surface area contributed by atoms with Gasteiger partial charge < -0.3 is 24.8 Å². The Bertz CT molecular complexity index is 721. The van der Waals surface area contributed by atoms with Crippen LogP contribution in [-0.4, -0.2) is 0 Å². The molecule has 1 aromatic carbocycles. The SMILES string of the molecule is CC1=C(C)C(C)(C)[C]([Ti+2][c]2c(C(C)(C)C)cccc2C(C)(C)C)=C1C.[Cl-].[Cl-]. The minimum absolute atomic E-state index is 0. The summed E-state index contributed by atoms with van der Waals surface area (Å²) in [5, 5.41) is 0. The third-order valence-corrected chi connectivity index (χ3v) is 9.18. The number of allylic oxidation sites excluding steroid dienone is 4. The zero-order valence-corrected chi connectivity index (χ0v) is 22.1. The Morgan fingerprint density at radius 1 is 0.741 bits per heavy atom. The number of hydrogen-bond acceptors (Lipinski definition) is 0. The number of benzene rings is 1. The molecule has 0 aliphatic heterocycles. The molecule has 0 radical (unpaired) electrons. The zero-order valence-electron chi connectivity index (χ0n) is 19.0. The Hall–Kier alpha value is -0.00571. The van der Waals surface area contributed by atoms with Crippen molar-refractivity contribution >= 4 is 3.87 Å². The normalized spacial score (nSPS) is 16.7. The maximum atomic E-state index is 2.43. The maximum absolute atomic E-state index is 2.43. The van der Waals surface area contributed by atoms with Crippen molar-refractivity contribution in [2.24, 2.45) is 5.41 Å². The summed E-state index contributed by atoms with van der Waals surface area (Å²) in [6, 6.07) is 7.02. The third kappa shape index (κ3) is 5.13. The molecule has 0 amide bonds. The van der Waals surface area contributed by atoms with Gasteiger partial charge in [0.1, 0.15) is 0 Å². The average molecular weight is 443 g/mol. The summed E-state index contributed by atoms with van der Waals surface area (Å²) in [7, 11) is 0. The first-order chi connectivity index (χ1) is 11.2. The van der Waals surface area contributed by atoms with E-state index in [0.717, 1.165) is 0 Å². The standard InChI is InChI=1S/C14H21.C10H15.2ClH.Ti/c1-13(2,3)11-8-7-9-12(10-11)14(4,5)6;1-7-6-10(4,5)9(3)8(7)2;;;/h7-9H,1-6H3;1-5H3;2*1H;/q;;;;+2/p-2. The topological polar surface area (TPSA) is 0 Å². The van der Waals surface area contributed by atoms with Crippen LogP contribution >= 0.6 is 0 Å². The van der Waals surface area contributed by atoms with Crippen LogP contribution in [0.1, 0.15) is 87.3 Å². The van der Waals surface area contributed by atoms with Crippen molar-refractivity contribution < 1.29 is 44.0 Å². The van der Waals surface area contributed by atoms with Gasteiger partial charge in [0, 0.05) is 0 Å². The minimum atomic E-state index is -0.370.